The van der Waals surface area contributed by atoms with Crippen LogP contribution in [-0.2, 0) is 10.2 Å². The summed E-state index contributed by atoms with van der Waals surface area (Å²) in [6.45, 7) is 6.58. The summed E-state index contributed by atoms with van der Waals surface area (Å²) in [5.41, 5.74) is 8.63. The lowest BCUT2D eigenvalue weighted by atomic mass is 9.86. The van der Waals surface area contributed by atoms with Gasteiger partial charge in [0.2, 0.25) is 5.91 Å². The van der Waals surface area contributed by atoms with E-state index in [1.807, 2.05) is 7.05 Å². The number of carbonyl (C=O) groups excluding carboxylic acids is 1. The molecule has 0 aliphatic carbocycles. The van der Waals surface area contributed by atoms with Gasteiger partial charge >= 0.3 is 0 Å². The summed E-state index contributed by atoms with van der Waals surface area (Å²) < 4.78 is 0. The highest BCUT2D eigenvalue weighted by Crippen LogP contribution is 2.32. The van der Waals surface area contributed by atoms with Crippen LogP contribution >= 0.6 is 0 Å². The second-order valence-electron chi connectivity index (χ2n) is 6.19. The smallest absolute Gasteiger partial charge is 0.224 e. The first kappa shape index (κ1) is 13.1. The molecule has 2 unspecified atom stereocenters. The van der Waals surface area contributed by atoms with Gasteiger partial charge in [-0.15, -0.1) is 0 Å². The second-order valence-corrected chi connectivity index (χ2v) is 6.19. The van der Waals surface area contributed by atoms with Gasteiger partial charge in [0.25, 0.3) is 0 Å². The Kier molecular flexibility index (Phi) is 3.20. The summed E-state index contributed by atoms with van der Waals surface area (Å²) in [4.78, 5) is 13.4. The molecule has 1 heterocycles. The van der Waals surface area contributed by atoms with Crippen LogP contribution in [0, 0.1) is 0 Å². The SMILES string of the molecule is CN1C(=O)CC(N)C1c1ccc(C(C)(C)C)cc1. The standard InChI is InChI=1S/C15H22N2O/c1-15(2,3)11-7-5-10(6-8-11)14-12(16)9-13(18)17(14)4/h5-8,12,14H,9,16H2,1-4H3. The van der Waals surface area contributed by atoms with Crippen molar-refractivity contribution in [2.45, 2.75) is 44.7 Å². The van der Waals surface area contributed by atoms with E-state index < -0.39 is 0 Å². The van der Waals surface area contributed by atoms with Crippen LogP contribution in [0.4, 0.5) is 0 Å². The number of benzene rings is 1. The minimum Gasteiger partial charge on any atom is -0.337 e. The molecule has 3 nitrogen and oxygen atoms in total. The van der Waals surface area contributed by atoms with Crippen molar-refractivity contribution >= 4 is 5.91 Å². The predicted octanol–water partition coefficient (Wildman–Crippen LogP) is 2.21. The van der Waals surface area contributed by atoms with Crippen LogP contribution in [0.1, 0.15) is 44.4 Å². The molecule has 0 bridgehead atoms. The highest BCUT2D eigenvalue weighted by atomic mass is 16.2. The fourth-order valence-electron chi connectivity index (χ4n) is 2.55. The van der Waals surface area contributed by atoms with Crippen LogP contribution in [0.3, 0.4) is 0 Å². The Bertz CT molecular complexity index is 445. The maximum absolute atomic E-state index is 11.6. The molecule has 1 aromatic carbocycles. The minimum absolute atomic E-state index is 0.0199. The molecule has 2 N–H and O–H groups in total. The molecular weight excluding hydrogens is 224 g/mol. The lowest BCUT2D eigenvalue weighted by Crippen LogP contribution is -2.30. The number of likely N-dealkylation sites (N-methyl/N-ethyl adjacent to an activating group) is 1. The van der Waals surface area contributed by atoms with Crippen LogP contribution in [0.25, 0.3) is 0 Å². The number of nitrogens with zero attached hydrogens (tertiary/aromatic N) is 1. The van der Waals surface area contributed by atoms with E-state index in [1.165, 1.54) is 5.56 Å². The zero-order chi connectivity index (χ0) is 13.5. The van der Waals surface area contributed by atoms with E-state index in [0.717, 1.165) is 5.56 Å². The van der Waals surface area contributed by atoms with Gasteiger partial charge in [0, 0.05) is 19.5 Å². The van der Waals surface area contributed by atoms with Gasteiger partial charge in [-0.25, -0.2) is 0 Å². The van der Waals surface area contributed by atoms with Crippen molar-refractivity contribution in [1.82, 2.24) is 4.90 Å². The Morgan fingerprint density at radius 2 is 1.78 bits per heavy atom. The molecule has 98 valence electrons. The molecule has 0 radical (unpaired) electrons. The summed E-state index contributed by atoms with van der Waals surface area (Å²) in [5, 5.41) is 0. The first-order valence-electron chi connectivity index (χ1n) is 6.42. The predicted molar refractivity (Wildman–Crippen MR) is 73.2 cm³/mol. The van der Waals surface area contributed by atoms with Crippen LogP contribution < -0.4 is 5.73 Å². The van der Waals surface area contributed by atoms with E-state index in [4.69, 9.17) is 5.73 Å². The van der Waals surface area contributed by atoms with E-state index >= 15 is 0 Å². The average molecular weight is 246 g/mol. The molecule has 1 aliphatic rings. The Hall–Kier alpha value is -1.35. The number of amides is 1. The third-order valence-corrected chi connectivity index (χ3v) is 3.74. The molecule has 1 aliphatic heterocycles. The molecule has 18 heavy (non-hydrogen) atoms. The summed E-state index contributed by atoms with van der Waals surface area (Å²) in [6.07, 6.45) is 0.447. The number of nitrogens with two attached hydrogens (primary N) is 1. The summed E-state index contributed by atoms with van der Waals surface area (Å²) in [7, 11) is 1.83. The highest BCUT2D eigenvalue weighted by Gasteiger charge is 2.36. The fourth-order valence-corrected chi connectivity index (χ4v) is 2.55. The van der Waals surface area contributed by atoms with E-state index in [2.05, 4.69) is 45.0 Å². The van der Waals surface area contributed by atoms with Gasteiger partial charge in [0.05, 0.1) is 6.04 Å². The molecular formula is C15H22N2O. The van der Waals surface area contributed by atoms with Crippen LogP contribution in [0.5, 0.6) is 0 Å². The Morgan fingerprint density at radius 1 is 1.22 bits per heavy atom. The molecule has 0 spiro atoms. The highest BCUT2D eigenvalue weighted by molar-refractivity contribution is 5.80. The first-order valence-corrected chi connectivity index (χ1v) is 6.42. The molecule has 1 fully saturated rings. The fraction of sp³-hybridized carbons (Fsp3) is 0.533. The largest absolute Gasteiger partial charge is 0.337 e. The van der Waals surface area contributed by atoms with Crippen LogP contribution in [0.15, 0.2) is 24.3 Å². The molecule has 0 saturated carbocycles. The van der Waals surface area contributed by atoms with Crippen molar-refractivity contribution in [2.24, 2.45) is 5.73 Å². The zero-order valence-corrected chi connectivity index (χ0v) is 11.6. The maximum Gasteiger partial charge on any atom is 0.224 e. The summed E-state index contributed by atoms with van der Waals surface area (Å²) >= 11 is 0. The Morgan fingerprint density at radius 3 is 2.17 bits per heavy atom. The minimum atomic E-state index is -0.0945. The van der Waals surface area contributed by atoms with Crippen molar-refractivity contribution < 1.29 is 4.79 Å². The number of hydrogen-bond acceptors (Lipinski definition) is 2. The monoisotopic (exact) mass is 246 g/mol. The van der Waals surface area contributed by atoms with Gasteiger partial charge in [-0.2, -0.15) is 0 Å². The average Bonchev–Trinajstić information content (AvgIpc) is 2.52. The van der Waals surface area contributed by atoms with Crippen molar-refractivity contribution in [3.05, 3.63) is 35.4 Å². The van der Waals surface area contributed by atoms with Crippen LogP contribution in [0.2, 0.25) is 0 Å². The number of carbonyl (C=O) groups is 1. The van der Waals surface area contributed by atoms with Gasteiger partial charge in [-0.1, -0.05) is 45.0 Å². The van der Waals surface area contributed by atoms with Gasteiger partial charge in [-0.3, -0.25) is 4.79 Å². The number of rotatable bonds is 1. The molecule has 2 atom stereocenters. The summed E-state index contributed by atoms with van der Waals surface area (Å²) in [5.74, 6) is 0.132. The lowest BCUT2D eigenvalue weighted by Gasteiger charge is -2.25. The van der Waals surface area contributed by atoms with Gasteiger partial charge in [-0.05, 0) is 16.5 Å². The van der Waals surface area contributed by atoms with E-state index in [9.17, 15) is 4.79 Å². The third-order valence-electron chi connectivity index (χ3n) is 3.74. The van der Waals surface area contributed by atoms with Crippen molar-refractivity contribution in [3.63, 3.8) is 0 Å². The summed E-state index contributed by atoms with van der Waals surface area (Å²) in [6, 6.07) is 8.40. The number of likely N-dealkylation sites (tertiary alicyclic amines) is 1. The molecule has 3 heteroatoms. The Balaban J connectivity index is 2.28. The van der Waals surface area contributed by atoms with Crippen LogP contribution in [-0.4, -0.2) is 23.9 Å². The zero-order valence-electron chi connectivity index (χ0n) is 11.6. The van der Waals surface area contributed by atoms with Gasteiger partial charge < -0.3 is 10.6 Å². The van der Waals surface area contributed by atoms with E-state index in [1.54, 1.807) is 4.90 Å². The second kappa shape index (κ2) is 4.39. The van der Waals surface area contributed by atoms with Gasteiger partial charge in [0.1, 0.15) is 0 Å². The van der Waals surface area contributed by atoms with E-state index in [0.29, 0.717) is 6.42 Å². The molecule has 1 aromatic rings. The topological polar surface area (TPSA) is 46.3 Å². The van der Waals surface area contributed by atoms with Crippen molar-refractivity contribution in [2.75, 3.05) is 7.05 Å². The maximum atomic E-state index is 11.6. The third kappa shape index (κ3) is 2.27. The molecule has 2 rings (SSSR count). The van der Waals surface area contributed by atoms with Crippen molar-refractivity contribution in [1.29, 1.82) is 0 Å². The molecule has 1 saturated heterocycles. The number of hydrogen-bond donors (Lipinski definition) is 1. The molecule has 1 amide bonds. The van der Waals surface area contributed by atoms with E-state index in [-0.39, 0.29) is 23.4 Å². The van der Waals surface area contributed by atoms with Crippen molar-refractivity contribution in [3.8, 4) is 0 Å². The molecule has 0 aromatic heterocycles. The normalized spacial score (nSPS) is 24.7. The van der Waals surface area contributed by atoms with Gasteiger partial charge in [0.15, 0.2) is 0 Å². The lowest BCUT2D eigenvalue weighted by molar-refractivity contribution is -0.127. The first-order chi connectivity index (χ1) is 8.30. The quantitative estimate of drug-likeness (QED) is 0.826. The Labute approximate surface area is 109 Å².